The predicted molar refractivity (Wildman–Crippen MR) is 111 cm³/mol. The van der Waals surface area contributed by atoms with Crippen molar-refractivity contribution < 1.29 is 4.74 Å². The lowest BCUT2D eigenvalue weighted by Gasteiger charge is -2.15. The molecule has 0 aromatic heterocycles. The first-order valence-corrected chi connectivity index (χ1v) is 8.97. The van der Waals surface area contributed by atoms with E-state index < -0.39 is 0 Å². The Hall–Kier alpha value is -2.97. The molecule has 0 unspecified atom stereocenters. The zero-order valence-corrected chi connectivity index (χ0v) is 15.1. The molecule has 0 spiro atoms. The Morgan fingerprint density at radius 2 is 1.08 bits per heavy atom. The van der Waals surface area contributed by atoms with Gasteiger partial charge in [-0.15, -0.1) is 12.6 Å². The third-order valence-electron chi connectivity index (χ3n) is 4.27. The first-order valence-electron chi connectivity index (χ1n) is 8.52. The van der Waals surface area contributed by atoms with Gasteiger partial charge in [-0.1, -0.05) is 84.9 Å². The van der Waals surface area contributed by atoms with Gasteiger partial charge in [0.05, 0.1) is 0 Å². The molecule has 0 fully saturated rings. The van der Waals surface area contributed by atoms with Gasteiger partial charge in [-0.3, -0.25) is 0 Å². The molecule has 0 aliphatic carbocycles. The molecule has 4 aromatic rings. The highest BCUT2D eigenvalue weighted by Gasteiger charge is 2.13. The van der Waals surface area contributed by atoms with Gasteiger partial charge >= 0.3 is 0 Å². The Balaban J connectivity index is 1.80. The first-order chi connectivity index (χ1) is 12.8. The van der Waals surface area contributed by atoms with E-state index in [1.165, 1.54) is 0 Å². The van der Waals surface area contributed by atoms with E-state index in [1.807, 2.05) is 66.7 Å². The molecule has 0 atom stereocenters. The fourth-order valence-electron chi connectivity index (χ4n) is 3.01. The summed E-state index contributed by atoms with van der Waals surface area (Å²) < 4.78 is 6.13. The summed E-state index contributed by atoms with van der Waals surface area (Å²) in [5, 5.41) is 0. The van der Waals surface area contributed by atoms with Crippen LogP contribution in [0.25, 0.3) is 22.3 Å². The van der Waals surface area contributed by atoms with Crippen molar-refractivity contribution in [1.29, 1.82) is 0 Å². The van der Waals surface area contributed by atoms with Crippen molar-refractivity contribution in [2.24, 2.45) is 0 Å². The van der Waals surface area contributed by atoms with Crippen molar-refractivity contribution in [3.8, 4) is 33.8 Å². The van der Waals surface area contributed by atoms with Crippen LogP contribution in [-0.4, -0.2) is 0 Å². The topological polar surface area (TPSA) is 9.23 Å². The molecule has 0 aliphatic heterocycles. The van der Waals surface area contributed by atoms with Gasteiger partial charge in [0.2, 0.25) is 0 Å². The third kappa shape index (κ3) is 3.37. The smallest absolute Gasteiger partial charge is 0.135 e. The minimum absolute atomic E-state index is 0.819. The molecule has 4 aromatic carbocycles. The maximum atomic E-state index is 6.13. The Morgan fingerprint density at radius 3 is 1.85 bits per heavy atom. The van der Waals surface area contributed by atoms with Crippen LogP contribution >= 0.6 is 12.6 Å². The minimum atomic E-state index is 0.819. The van der Waals surface area contributed by atoms with Gasteiger partial charge in [0.15, 0.2) is 0 Å². The van der Waals surface area contributed by atoms with E-state index in [-0.39, 0.29) is 0 Å². The quantitative estimate of drug-likeness (QED) is 0.384. The number of benzene rings is 4. The molecule has 0 radical (unpaired) electrons. The molecular weight excluding hydrogens is 336 g/mol. The zero-order valence-electron chi connectivity index (χ0n) is 14.2. The summed E-state index contributed by atoms with van der Waals surface area (Å²) in [4.78, 5) is 0.947. The van der Waals surface area contributed by atoms with Gasteiger partial charge in [0, 0.05) is 10.5 Å². The maximum Gasteiger partial charge on any atom is 0.135 e. The van der Waals surface area contributed by atoms with Crippen LogP contribution in [0.5, 0.6) is 11.5 Å². The van der Waals surface area contributed by atoms with Crippen molar-refractivity contribution in [3.05, 3.63) is 103 Å². The number of thiol groups is 1. The molecule has 0 saturated carbocycles. The number of hydrogen-bond donors (Lipinski definition) is 1. The summed E-state index contributed by atoms with van der Waals surface area (Å²) in [6, 6.07) is 34.5. The van der Waals surface area contributed by atoms with Crippen molar-refractivity contribution >= 4 is 12.6 Å². The first kappa shape index (κ1) is 16.5. The highest BCUT2D eigenvalue weighted by molar-refractivity contribution is 7.80. The van der Waals surface area contributed by atoms with E-state index in [1.54, 1.807) is 0 Å². The Kier molecular flexibility index (Phi) is 4.76. The molecule has 0 heterocycles. The molecule has 26 heavy (non-hydrogen) atoms. The molecule has 126 valence electrons. The lowest BCUT2D eigenvalue weighted by atomic mass is 9.98. The molecule has 0 saturated heterocycles. The molecule has 1 nitrogen and oxygen atoms in total. The lowest BCUT2D eigenvalue weighted by Crippen LogP contribution is -1.90. The molecule has 0 aliphatic rings. The van der Waals surface area contributed by atoms with Crippen molar-refractivity contribution in [1.82, 2.24) is 0 Å². The molecular formula is C24H18OS. The third-order valence-corrected chi connectivity index (χ3v) is 4.75. The normalized spacial score (nSPS) is 10.5. The SMILES string of the molecule is Sc1c(-c2ccccc2)cccc1-c1ccccc1Oc1ccccc1. The largest absolute Gasteiger partial charge is 0.457 e. The van der Waals surface area contributed by atoms with Gasteiger partial charge in [0.25, 0.3) is 0 Å². The highest BCUT2D eigenvalue weighted by atomic mass is 32.1. The van der Waals surface area contributed by atoms with Crippen LogP contribution in [0.15, 0.2) is 108 Å². The molecule has 2 heteroatoms. The maximum absolute atomic E-state index is 6.13. The summed E-state index contributed by atoms with van der Waals surface area (Å²) in [6.45, 7) is 0. The Bertz CT molecular complexity index is 1010. The van der Waals surface area contributed by atoms with Gasteiger partial charge in [-0.2, -0.15) is 0 Å². The second kappa shape index (κ2) is 7.51. The zero-order chi connectivity index (χ0) is 17.8. The molecule has 0 bridgehead atoms. The highest BCUT2D eigenvalue weighted by Crippen LogP contribution is 2.40. The lowest BCUT2D eigenvalue weighted by molar-refractivity contribution is 0.484. The van der Waals surface area contributed by atoms with E-state index in [2.05, 4.69) is 36.4 Å². The van der Waals surface area contributed by atoms with E-state index in [4.69, 9.17) is 17.4 Å². The fourth-order valence-corrected chi connectivity index (χ4v) is 3.40. The second-order valence-corrected chi connectivity index (χ2v) is 6.43. The van der Waals surface area contributed by atoms with Crippen LogP contribution in [0.1, 0.15) is 0 Å². The van der Waals surface area contributed by atoms with Gasteiger partial charge in [-0.25, -0.2) is 0 Å². The standard InChI is InChI=1S/C24H18OS/c26-24-20(18-10-3-1-4-11-18)15-9-16-22(24)21-14-7-8-17-23(21)25-19-12-5-2-6-13-19/h1-17,26H. The van der Waals surface area contributed by atoms with Gasteiger partial charge < -0.3 is 4.74 Å². The van der Waals surface area contributed by atoms with E-state index in [0.29, 0.717) is 0 Å². The molecule has 0 amide bonds. The summed E-state index contributed by atoms with van der Waals surface area (Å²) in [6.07, 6.45) is 0. The van der Waals surface area contributed by atoms with Crippen LogP contribution in [0.2, 0.25) is 0 Å². The van der Waals surface area contributed by atoms with Crippen molar-refractivity contribution in [2.75, 3.05) is 0 Å². The number of ether oxygens (including phenoxy) is 1. The van der Waals surface area contributed by atoms with Crippen LogP contribution in [0, 0.1) is 0 Å². The summed E-state index contributed by atoms with van der Waals surface area (Å²) in [5.74, 6) is 1.64. The fraction of sp³-hybridized carbons (Fsp3) is 0. The number of para-hydroxylation sites is 2. The number of rotatable bonds is 4. The van der Waals surface area contributed by atoms with Crippen molar-refractivity contribution in [3.63, 3.8) is 0 Å². The Labute approximate surface area is 159 Å². The van der Waals surface area contributed by atoms with Crippen LogP contribution in [-0.2, 0) is 0 Å². The predicted octanol–water partition coefficient (Wildman–Crippen LogP) is 7.10. The summed E-state index contributed by atoms with van der Waals surface area (Å²) >= 11 is 4.85. The van der Waals surface area contributed by atoms with Crippen LogP contribution < -0.4 is 4.74 Å². The summed E-state index contributed by atoms with van der Waals surface area (Å²) in [7, 11) is 0. The van der Waals surface area contributed by atoms with Gasteiger partial charge in [0.1, 0.15) is 11.5 Å². The second-order valence-electron chi connectivity index (χ2n) is 5.98. The number of hydrogen-bond acceptors (Lipinski definition) is 2. The monoisotopic (exact) mass is 354 g/mol. The average Bonchev–Trinajstić information content (AvgIpc) is 2.70. The summed E-state index contributed by atoms with van der Waals surface area (Å²) in [5.41, 5.74) is 4.35. The molecule has 0 N–H and O–H groups in total. The Morgan fingerprint density at radius 1 is 0.500 bits per heavy atom. The average molecular weight is 354 g/mol. The molecule has 4 rings (SSSR count). The van der Waals surface area contributed by atoms with Gasteiger partial charge in [-0.05, 0) is 34.9 Å². The minimum Gasteiger partial charge on any atom is -0.457 e. The van der Waals surface area contributed by atoms with E-state index in [9.17, 15) is 0 Å². The van der Waals surface area contributed by atoms with E-state index in [0.717, 1.165) is 38.6 Å². The van der Waals surface area contributed by atoms with Crippen molar-refractivity contribution in [2.45, 2.75) is 4.90 Å². The van der Waals surface area contributed by atoms with Crippen LogP contribution in [0.4, 0.5) is 0 Å². The van der Waals surface area contributed by atoms with E-state index >= 15 is 0 Å². The van der Waals surface area contributed by atoms with Crippen LogP contribution in [0.3, 0.4) is 0 Å².